The predicted octanol–water partition coefficient (Wildman–Crippen LogP) is -0.0150. The highest BCUT2D eigenvalue weighted by molar-refractivity contribution is 5.86. The van der Waals surface area contributed by atoms with Crippen LogP contribution in [-0.2, 0) is 6.42 Å². The van der Waals surface area contributed by atoms with Crippen LogP contribution in [0.1, 0.15) is 15.9 Å². The summed E-state index contributed by atoms with van der Waals surface area (Å²) in [5.41, 5.74) is 1.18. The quantitative estimate of drug-likeness (QED) is 0.584. The molecule has 0 saturated heterocycles. The van der Waals surface area contributed by atoms with Crippen LogP contribution in [0.4, 0.5) is 0 Å². The molecule has 0 saturated carbocycles. The molecule has 1 aliphatic heterocycles. The lowest BCUT2D eigenvalue weighted by Crippen LogP contribution is -2.22. The molecule has 12 heavy (non-hydrogen) atoms. The highest BCUT2D eigenvalue weighted by Gasteiger charge is 2.11. The molecule has 3 nitrogen and oxygen atoms in total. The topological polar surface area (TPSA) is 49.4 Å². The van der Waals surface area contributed by atoms with Crippen molar-refractivity contribution in [2.75, 3.05) is 6.61 Å². The van der Waals surface area contributed by atoms with E-state index in [-0.39, 0.29) is 5.56 Å². The molecule has 0 amide bonds. The van der Waals surface area contributed by atoms with Crippen molar-refractivity contribution in [2.24, 2.45) is 0 Å². The molecule has 0 N–H and O–H groups in total. The molecule has 2 rings (SSSR count). The summed E-state index contributed by atoms with van der Waals surface area (Å²) < 4.78 is 5.22. The van der Waals surface area contributed by atoms with E-state index in [1.165, 1.54) is 6.07 Å². The standard InChI is InChI=1S/C9H8O3/c10-9(11)7-1-2-8-6(5-7)3-4-12-8/h1-2,5H,3-4H2,(H,10,11)/p-1. The number of ether oxygens (including phenoxy) is 1. The lowest BCUT2D eigenvalue weighted by Gasteiger charge is -2.03. The molecule has 62 valence electrons. The van der Waals surface area contributed by atoms with Gasteiger partial charge >= 0.3 is 0 Å². The molecule has 0 aliphatic carbocycles. The predicted molar refractivity (Wildman–Crippen MR) is 40.0 cm³/mol. The number of hydrogen-bond acceptors (Lipinski definition) is 3. The Morgan fingerprint density at radius 2 is 2.33 bits per heavy atom. The van der Waals surface area contributed by atoms with E-state index >= 15 is 0 Å². The number of carbonyl (C=O) groups excluding carboxylic acids is 1. The summed E-state index contributed by atoms with van der Waals surface area (Å²) >= 11 is 0. The third-order valence-corrected chi connectivity index (χ3v) is 1.93. The maximum Gasteiger partial charge on any atom is 0.122 e. The van der Waals surface area contributed by atoms with Gasteiger partial charge in [-0.2, -0.15) is 0 Å². The van der Waals surface area contributed by atoms with Gasteiger partial charge in [0.15, 0.2) is 0 Å². The highest BCUT2D eigenvalue weighted by Crippen LogP contribution is 2.25. The van der Waals surface area contributed by atoms with E-state index in [1.54, 1.807) is 12.1 Å². The van der Waals surface area contributed by atoms with Crippen molar-refractivity contribution in [3.63, 3.8) is 0 Å². The Morgan fingerprint density at radius 3 is 3.08 bits per heavy atom. The zero-order valence-corrected chi connectivity index (χ0v) is 6.37. The number of fused-ring (bicyclic) bond motifs is 1. The number of aromatic carboxylic acids is 1. The number of carboxylic acids is 1. The largest absolute Gasteiger partial charge is 0.545 e. The van der Waals surface area contributed by atoms with Crippen LogP contribution in [0.2, 0.25) is 0 Å². The summed E-state index contributed by atoms with van der Waals surface area (Å²) in [6.45, 7) is 0.645. The zero-order chi connectivity index (χ0) is 8.55. The van der Waals surface area contributed by atoms with E-state index < -0.39 is 5.97 Å². The minimum atomic E-state index is -1.13. The molecule has 0 radical (unpaired) electrons. The van der Waals surface area contributed by atoms with E-state index in [0.29, 0.717) is 6.61 Å². The fourth-order valence-electron chi connectivity index (χ4n) is 1.31. The normalized spacial score (nSPS) is 13.7. The van der Waals surface area contributed by atoms with Crippen LogP contribution in [-0.4, -0.2) is 12.6 Å². The second-order valence-corrected chi connectivity index (χ2v) is 2.71. The Balaban J connectivity index is 2.45. The second kappa shape index (κ2) is 2.52. The van der Waals surface area contributed by atoms with Crippen molar-refractivity contribution in [2.45, 2.75) is 6.42 Å². The summed E-state index contributed by atoms with van der Waals surface area (Å²) in [7, 11) is 0. The lowest BCUT2D eigenvalue weighted by atomic mass is 10.1. The fourth-order valence-corrected chi connectivity index (χ4v) is 1.31. The third kappa shape index (κ3) is 1.03. The average molecular weight is 163 g/mol. The Bertz CT molecular complexity index is 331. The van der Waals surface area contributed by atoms with Gasteiger partial charge in [-0.15, -0.1) is 0 Å². The molecule has 0 unspecified atom stereocenters. The molecular formula is C9H7O3-. The van der Waals surface area contributed by atoms with E-state index in [1.807, 2.05) is 0 Å². The summed E-state index contributed by atoms with van der Waals surface area (Å²) in [5.74, 6) is -0.343. The molecule has 0 fully saturated rings. The number of benzene rings is 1. The molecule has 1 aromatic carbocycles. The van der Waals surface area contributed by atoms with Crippen LogP contribution < -0.4 is 9.84 Å². The van der Waals surface area contributed by atoms with Gasteiger partial charge in [-0.3, -0.25) is 0 Å². The maximum atomic E-state index is 10.4. The zero-order valence-electron chi connectivity index (χ0n) is 6.37. The molecule has 3 heteroatoms. The Hall–Kier alpha value is -1.51. The van der Waals surface area contributed by atoms with E-state index in [4.69, 9.17) is 4.74 Å². The molecule has 0 aromatic heterocycles. The first-order valence-electron chi connectivity index (χ1n) is 3.74. The highest BCUT2D eigenvalue weighted by atomic mass is 16.5. The van der Waals surface area contributed by atoms with Gasteiger partial charge in [0.1, 0.15) is 5.75 Å². The van der Waals surface area contributed by atoms with Crippen LogP contribution in [0, 0.1) is 0 Å². The number of rotatable bonds is 1. The van der Waals surface area contributed by atoms with Crippen LogP contribution in [0.3, 0.4) is 0 Å². The van der Waals surface area contributed by atoms with Crippen molar-refractivity contribution in [3.8, 4) is 5.75 Å². The van der Waals surface area contributed by atoms with Gasteiger partial charge < -0.3 is 14.6 Å². The van der Waals surface area contributed by atoms with Crippen LogP contribution >= 0.6 is 0 Å². The minimum absolute atomic E-state index is 0.222. The summed E-state index contributed by atoms with van der Waals surface area (Å²) in [4.78, 5) is 10.4. The van der Waals surface area contributed by atoms with Crippen LogP contribution in [0.25, 0.3) is 0 Å². The van der Waals surface area contributed by atoms with Gasteiger partial charge in [-0.1, -0.05) is 0 Å². The molecule has 1 aliphatic rings. The van der Waals surface area contributed by atoms with Gasteiger partial charge in [0.2, 0.25) is 0 Å². The van der Waals surface area contributed by atoms with E-state index in [0.717, 1.165) is 17.7 Å². The molecule has 0 bridgehead atoms. The van der Waals surface area contributed by atoms with Gasteiger partial charge in [-0.05, 0) is 29.3 Å². The first-order chi connectivity index (χ1) is 5.77. The Morgan fingerprint density at radius 1 is 1.50 bits per heavy atom. The second-order valence-electron chi connectivity index (χ2n) is 2.71. The molecule has 1 aromatic rings. The minimum Gasteiger partial charge on any atom is -0.545 e. The first kappa shape index (κ1) is 7.16. The molecule has 1 heterocycles. The average Bonchev–Trinajstić information content (AvgIpc) is 2.49. The van der Waals surface area contributed by atoms with Crippen molar-refractivity contribution >= 4 is 5.97 Å². The van der Waals surface area contributed by atoms with Crippen LogP contribution in [0.15, 0.2) is 18.2 Å². The fraction of sp³-hybridized carbons (Fsp3) is 0.222. The maximum absolute atomic E-state index is 10.4. The smallest absolute Gasteiger partial charge is 0.122 e. The van der Waals surface area contributed by atoms with Crippen molar-refractivity contribution in [3.05, 3.63) is 29.3 Å². The van der Waals surface area contributed by atoms with Crippen molar-refractivity contribution < 1.29 is 14.6 Å². The molecular weight excluding hydrogens is 156 g/mol. The number of carboxylic acid groups (broad SMARTS) is 1. The Kier molecular flexibility index (Phi) is 1.50. The van der Waals surface area contributed by atoms with Gasteiger partial charge in [0, 0.05) is 6.42 Å². The van der Waals surface area contributed by atoms with Gasteiger partial charge in [-0.25, -0.2) is 0 Å². The Labute approximate surface area is 69.6 Å². The SMILES string of the molecule is O=C([O-])c1ccc2c(c1)CCO2. The monoisotopic (exact) mass is 163 g/mol. The van der Waals surface area contributed by atoms with Gasteiger partial charge in [0.25, 0.3) is 0 Å². The van der Waals surface area contributed by atoms with Gasteiger partial charge in [0.05, 0.1) is 12.6 Å². The summed E-state index contributed by atoms with van der Waals surface area (Å²) in [6.07, 6.45) is 0.788. The number of hydrogen-bond donors (Lipinski definition) is 0. The van der Waals surface area contributed by atoms with Crippen molar-refractivity contribution in [1.29, 1.82) is 0 Å². The molecule has 0 atom stereocenters. The lowest BCUT2D eigenvalue weighted by molar-refractivity contribution is -0.255. The van der Waals surface area contributed by atoms with Crippen LogP contribution in [0.5, 0.6) is 5.75 Å². The van der Waals surface area contributed by atoms with E-state index in [2.05, 4.69) is 0 Å². The number of carbonyl (C=O) groups is 1. The third-order valence-electron chi connectivity index (χ3n) is 1.93. The molecule has 0 spiro atoms. The summed E-state index contributed by atoms with van der Waals surface area (Å²) in [6, 6.07) is 4.78. The van der Waals surface area contributed by atoms with Crippen molar-refractivity contribution in [1.82, 2.24) is 0 Å². The van der Waals surface area contributed by atoms with E-state index in [9.17, 15) is 9.90 Å². The first-order valence-corrected chi connectivity index (χ1v) is 3.74. The summed E-state index contributed by atoms with van der Waals surface area (Å²) in [5, 5.41) is 10.4.